The minimum Gasteiger partial charge on any atom is -0.337 e. The van der Waals surface area contributed by atoms with Gasteiger partial charge in [0.05, 0.1) is 11.4 Å². The van der Waals surface area contributed by atoms with E-state index in [-0.39, 0.29) is 11.9 Å². The van der Waals surface area contributed by atoms with E-state index in [2.05, 4.69) is 26.2 Å². The second-order valence-electron chi connectivity index (χ2n) is 6.40. The topological polar surface area (TPSA) is 77.0 Å². The highest BCUT2D eigenvalue weighted by Gasteiger charge is 2.28. The standard InChI is InChI=1S/C17H22BrN5O/c1-11(19)13-6-8-22(9-7-13)17(24)16-12(2)23(21-20-16)15-5-3-4-14(18)10-15/h3-5,10-11,13H,6-9,19H2,1-2H3. The van der Waals surface area contributed by atoms with Gasteiger partial charge in [0.15, 0.2) is 5.69 Å². The highest BCUT2D eigenvalue weighted by molar-refractivity contribution is 9.10. The Balaban J connectivity index is 1.78. The molecular weight excluding hydrogens is 370 g/mol. The van der Waals surface area contributed by atoms with Crippen LogP contribution in [0.15, 0.2) is 28.7 Å². The number of carbonyl (C=O) groups excluding carboxylic acids is 1. The molecule has 128 valence electrons. The summed E-state index contributed by atoms with van der Waals surface area (Å²) in [5, 5.41) is 8.30. The second kappa shape index (κ2) is 7.03. The van der Waals surface area contributed by atoms with Crippen LogP contribution in [0, 0.1) is 12.8 Å². The zero-order valence-corrected chi connectivity index (χ0v) is 15.5. The van der Waals surface area contributed by atoms with E-state index in [9.17, 15) is 4.79 Å². The number of nitrogens with zero attached hydrogens (tertiary/aromatic N) is 4. The quantitative estimate of drug-likeness (QED) is 0.871. The Hall–Kier alpha value is -1.73. The molecule has 0 bridgehead atoms. The molecule has 24 heavy (non-hydrogen) atoms. The fraction of sp³-hybridized carbons (Fsp3) is 0.471. The maximum absolute atomic E-state index is 12.8. The summed E-state index contributed by atoms with van der Waals surface area (Å²) in [6.07, 6.45) is 1.89. The number of carbonyl (C=O) groups is 1. The molecule has 1 saturated heterocycles. The Morgan fingerprint density at radius 3 is 2.71 bits per heavy atom. The summed E-state index contributed by atoms with van der Waals surface area (Å²) in [6, 6.07) is 7.95. The van der Waals surface area contributed by atoms with Crippen molar-refractivity contribution in [3.05, 3.63) is 40.1 Å². The van der Waals surface area contributed by atoms with Gasteiger partial charge in [0.2, 0.25) is 0 Å². The molecule has 1 amide bonds. The third-order valence-corrected chi connectivity index (χ3v) is 5.21. The molecule has 1 fully saturated rings. The van der Waals surface area contributed by atoms with Gasteiger partial charge < -0.3 is 10.6 Å². The van der Waals surface area contributed by atoms with Crippen LogP contribution < -0.4 is 5.73 Å². The van der Waals surface area contributed by atoms with E-state index in [1.54, 1.807) is 4.68 Å². The predicted molar refractivity (Wildman–Crippen MR) is 96.1 cm³/mol. The van der Waals surface area contributed by atoms with Crippen molar-refractivity contribution in [2.75, 3.05) is 13.1 Å². The van der Waals surface area contributed by atoms with Crippen LogP contribution in [0.3, 0.4) is 0 Å². The lowest BCUT2D eigenvalue weighted by Gasteiger charge is -2.33. The summed E-state index contributed by atoms with van der Waals surface area (Å²) in [4.78, 5) is 14.6. The van der Waals surface area contributed by atoms with Crippen molar-refractivity contribution in [1.29, 1.82) is 0 Å². The second-order valence-corrected chi connectivity index (χ2v) is 7.32. The van der Waals surface area contributed by atoms with E-state index in [4.69, 9.17) is 5.73 Å². The lowest BCUT2D eigenvalue weighted by atomic mass is 9.91. The molecule has 2 heterocycles. The smallest absolute Gasteiger partial charge is 0.276 e. The summed E-state index contributed by atoms with van der Waals surface area (Å²) in [7, 11) is 0. The van der Waals surface area contributed by atoms with Crippen molar-refractivity contribution >= 4 is 21.8 Å². The van der Waals surface area contributed by atoms with Crippen LogP contribution in [0.25, 0.3) is 5.69 Å². The number of halogens is 1. The maximum Gasteiger partial charge on any atom is 0.276 e. The molecule has 0 spiro atoms. The van der Waals surface area contributed by atoms with Crippen LogP contribution in [0.1, 0.15) is 35.9 Å². The third kappa shape index (κ3) is 3.37. The Morgan fingerprint density at radius 1 is 1.38 bits per heavy atom. The first kappa shape index (κ1) is 17.1. The molecule has 0 saturated carbocycles. The number of piperidine rings is 1. The number of hydrogen-bond acceptors (Lipinski definition) is 4. The van der Waals surface area contributed by atoms with Crippen LogP contribution >= 0.6 is 15.9 Å². The van der Waals surface area contributed by atoms with Crippen molar-refractivity contribution in [3.63, 3.8) is 0 Å². The van der Waals surface area contributed by atoms with E-state index in [1.165, 1.54) is 0 Å². The maximum atomic E-state index is 12.8. The molecule has 1 aliphatic rings. The van der Waals surface area contributed by atoms with E-state index < -0.39 is 0 Å². The van der Waals surface area contributed by atoms with Gasteiger partial charge in [0, 0.05) is 23.6 Å². The van der Waals surface area contributed by atoms with Crippen molar-refractivity contribution in [3.8, 4) is 5.69 Å². The molecule has 6 nitrogen and oxygen atoms in total. The fourth-order valence-corrected chi connectivity index (χ4v) is 3.55. The summed E-state index contributed by atoms with van der Waals surface area (Å²) < 4.78 is 2.66. The first-order valence-electron chi connectivity index (χ1n) is 8.20. The summed E-state index contributed by atoms with van der Waals surface area (Å²) in [6.45, 7) is 5.38. The van der Waals surface area contributed by atoms with Crippen molar-refractivity contribution in [2.24, 2.45) is 11.7 Å². The number of likely N-dealkylation sites (tertiary alicyclic amines) is 1. The third-order valence-electron chi connectivity index (χ3n) is 4.72. The van der Waals surface area contributed by atoms with Gasteiger partial charge >= 0.3 is 0 Å². The fourth-order valence-electron chi connectivity index (χ4n) is 3.16. The molecule has 1 aromatic heterocycles. The van der Waals surface area contributed by atoms with Crippen molar-refractivity contribution in [1.82, 2.24) is 19.9 Å². The number of hydrogen-bond donors (Lipinski definition) is 1. The lowest BCUT2D eigenvalue weighted by Crippen LogP contribution is -2.42. The van der Waals surface area contributed by atoms with Gasteiger partial charge in [-0.15, -0.1) is 5.10 Å². The van der Waals surface area contributed by atoms with Crippen molar-refractivity contribution in [2.45, 2.75) is 32.7 Å². The largest absolute Gasteiger partial charge is 0.337 e. The minimum atomic E-state index is -0.0446. The zero-order valence-electron chi connectivity index (χ0n) is 13.9. The number of rotatable bonds is 3. The Morgan fingerprint density at radius 2 is 2.08 bits per heavy atom. The van der Waals surface area contributed by atoms with Gasteiger partial charge in [0.1, 0.15) is 0 Å². The van der Waals surface area contributed by atoms with E-state index >= 15 is 0 Å². The molecule has 2 N–H and O–H groups in total. The molecule has 1 atom stereocenters. The first-order valence-corrected chi connectivity index (χ1v) is 8.99. The summed E-state index contributed by atoms with van der Waals surface area (Å²) in [5.74, 6) is 0.448. The monoisotopic (exact) mass is 391 g/mol. The summed E-state index contributed by atoms with van der Waals surface area (Å²) >= 11 is 3.45. The number of amides is 1. The highest BCUT2D eigenvalue weighted by atomic mass is 79.9. The SMILES string of the molecule is Cc1c(C(=O)N2CCC(C(C)N)CC2)nnn1-c1cccc(Br)c1. The molecule has 7 heteroatoms. The predicted octanol–water partition coefficient (Wildman–Crippen LogP) is 2.54. The van der Waals surface area contributed by atoms with Crippen LogP contribution in [0.2, 0.25) is 0 Å². The molecule has 0 radical (unpaired) electrons. The van der Waals surface area contributed by atoms with Crippen LogP contribution in [0.4, 0.5) is 0 Å². The molecular formula is C17H22BrN5O. The van der Waals surface area contributed by atoms with Gasteiger partial charge in [-0.25, -0.2) is 4.68 Å². The number of benzene rings is 1. The van der Waals surface area contributed by atoms with Crippen LogP contribution in [-0.4, -0.2) is 44.9 Å². The molecule has 1 unspecified atom stereocenters. The first-order chi connectivity index (χ1) is 11.5. The molecule has 1 aliphatic heterocycles. The molecule has 0 aliphatic carbocycles. The Bertz CT molecular complexity index is 734. The minimum absolute atomic E-state index is 0.0446. The van der Waals surface area contributed by atoms with E-state index in [0.29, 0.717) is 11.6 Å². The van der Waals surface area contributed by atoms with Gasteiger partial charge in [-0.2, -0.15) is 0 Å². The van der Waals surface area contributed by atoms with Gasteiger partial charge in [-0.3, -0.25) is 4.79 Å². The Kier molecular flexibility index (Phi) is 5.01. The lowest BCUT2D eigenvalue weighted by molar-refractivity contribution is 0.0674. The normalized spacial score (nSPS) is 17.1. The average molecular weight is 392 g/mol. The van der Waals surface area contributed by atoms with Gasteiger partial charge in [-0.1, -0.05) is 27.2 Å². The molecule has 1 aromatic carbocycles. The van der Waals surface area contributed by atoms with Crippen molar-refractivity contribution < 1.29 is 4.79 Å². The number of nitrogens with two attached hydrogens (primary N) is 1. The van der Waals surface area contributed by atoms with Crippen LogP contribution in [-0.2, 0) is 0 Å². The van der Waals surface area contributed by atoms with Crippen LogP contribution in [0.5, 0.6) is 0 Å². The zero-order chi connectivity index (χ0) is 17.3. The average Bonchev–Trinajstić information content (AvgIpc) is 2.96. The highest BCUT2D eigenvalue weighted by Crippen LogP contribution is 2.22. The molecule has 2 aromatic rings. The molecule has 3 rings (SSSR count). The van der Waals surface area contributed by atoms with Gasteiger partial charge in [-0.05, 0) is 50.8 Å². The number of aromatic nitrogens is 3. The van der Waals surface area contributed by atoms with Gasteiger partial charge in [0.25, 0.3) is 5.91 Å². The summed E-state index contributed by atoms with van der Waals surface area (Å²) in [5.41, 5.74) is 8.03. The Labute approximate surface area is 150 Å². The van der Waals surface area contributed by atoms with E-state index in [0.717, 1.165) is 41.8 Å². The van der Waals surface area contributed by atoms with E-state index in [1.807, 2.05) is 43.0 Å².